The van der Waals surface area contributed by atoms with Gasteiger partial charge in [0.05, 0.1) is 10.9 Å². The average Bonchev–Trinajstić information content (AvgIpc) is 3.27. The second-order valence-corrected chi connectivity index (χ2v) is 9.29. The SMILES string of the molecule is CC(C(=O)N(C1CC1)C1CCCc2ccccc21)n1c(-c2cccs2)n[nH]c1=S. The Hall–Kier alpha value is -2.25. The molecular weight excluding hydrogens is 400 g/mol. The molecule has 1 fully saturated rings. The van der Waals surface area contributed by atoms with Gasteiger partial charge in [-0.2, -0.15) is 5.10 Å². The van der Waals surface area contributed by atoms with Crippen LogP contribution in [-0.4, -0.2) is 31.6 Å². The van der Waals surface area contributed by atoms with Gasteiger partial charge in [0.25, 0.3) is 0 Å². The normalized spacial score (nSPS) is 19.6. The molecule has 0 aliphatic heterocycles. The van der Waals surface area contributed by atoms with Crippen molar-refractivity contribution in [1.82, 2.24) is 19.7 Å². The highest BCUT2D eigenvalue weighted by Gasteiger charge is 2.41. The van der Waals surface area contributed by atoms with Crippen molar-refractivity contribution in [2.24, 2.45) is 0 Å². The van der Waals surface area contributed by atoms with Crippen molar-refractivity contribution in [3.63, 3.8) is 0 Å². The predicted octanol–water partition coefficient (Wildman–Crippen LogP) is 5.30. The Balaban J connectivity index is 1.51. The number of fused-ring (bicyclic) bond motifs is 1. The van der Waals surface area contributed by atoms with Crippen LogP contribution < -0.4 is 0 Å². The number of aryl methyl sites for hydroxylation is 1. The standard InChI is InChI=1S/C22H24N4OS2/c1-14(25-20(23-24-22(25)28)19-10-5-13-29-19)21(27)26(16-11-12-16)18-9-4-7-15-6-2-3-8-17(15)18/h2-3,5-6,8,10,13-14,16,18H,4,7,9,11-12H2,1H3,(H,24,28). The number of carbonyl (C=O) groups is 1. The van der Waals surface area contributed by atoms with Crippen molar-refractivity contribution >= 4 is 29.5 Å². The molecule has 1 N–H and O–H groups in total. The van der Waals surface area contributed by atoms with Crippen LogP contribution >= 0.6 is 23.6 Å². The predicted molar refractivity (Wildman–Crippen MR) is 117 cm³/mol. The van der Waals surface area contributed by atoms with Crippen molar-refractivity contribution in [2.75, 3.05) is 0 Å². The van der Waals surface area contributed by atoms with E-state index in [-0.39, 0.29) is 11.9 Å². The van der Waals surface area contributed by atoms with E-state index >= 15 is 0 Å². The third kappa shape index (κ3) is 3.36. The van der Waals surface area contributed by atoms with Crippen molar-refractivity contribution in [2.45, 2.75) is 57.2 Å². The van der Waals surface area contributed by atoms with E-state index in [1.165, 1.54) is 11.1 Å². The first-order valence-corrected chi connectivity index (χ1v) is 11.5. The zero-order valence-electron chi connectivity index (χ0n) is 16.4. The van der Waals surface area contributed by atoms with Crippen molar-refractivity contribution in [1.29, 1.82) is 0 Å². The van der Waals surface area contributed by atoms with Gasteiger partial charge in [0.1, 0.15) is 6.04 Å². The molecule has 0 saturated heterocycles. The summed E-state index contributed by atoms with van der Waals surface area (Å²) in [5.41, 5.74) is 2.70. The summed E-state index contributed by atoms with van der Waals surface area (Å²) in [7, 11) is 0. The molecule has 29 heavy (non-hydrogen) atoms. The molecule has 0 bridgehead atoms. The Morgan fingerprint density at radius 3 is 2.86 bits per heavy atom. The molecule has 2 aromatic heterocycles. The molecule has 5 rings (SSSR count). The molecule has 1 amide bonds. The lowest BCUT2D eigenvalue weighted by Gasteiger charge is -2.38. The van der Waals surface area contributed by atoms with Crippen LogP contribution in [0.25, 0.3) is 10.7 Å². The van der Waals surface area contributed by atoms with Crippen LogP contribution in [0.3, 0.4) is 0 Å². The number of hydrogen-bond acceptors (Lipinski definition) is 4. The van der Waals surface area contributed by atoms with Gasteiger partial charge >= 0.3 is 0 Å². The highest BCUT2D eigenvalue weighted by atomic mass is 32.1. The van der Waals surface area contributed by atoms with Gasteiger partial charge in [0, 0.05) is 6.04 Å². The number of thiophene rings is 1. The first-order chi connectivity index (χ1) is 14.1. The van der Waals surface area contributed by atoms with Crippen LogP contribution in [0.15, 0.2) is 41.8 Å². The zero-order chi connectivity index (χ0) is 20.0. The van der Waals surface area contributed by atoms with Crippen molar-refractivity contribution < 1.29 is 4.79 Å². The maximum atomic E-state index is 13.8. The van der Waals surface area contributed by atoms with Crippen LogP contribution in [0.2, 0.25) is 0 Å². The maximum absolute atomic E-state index is 13.8. The minimum atomic E-state index is -0.395. The first-order valence-electron chi connectivity index (χ1n) is 10.3. The lowest BCUT2D eigenvalue weighted by molar-refractivity contribution is -0.138. The minimum Gasteiger partial charge on any atom is -0.331 e. The summed E-state index contributed by atoms with van der Waals surface area (Å²) in [5.74, 6) is 0.884. The summed E-state index contributed by atoms with van der Waals surface area (Å²) >= 11 is 7.11. The molecule has 150 valence electrons. The van der Waals surface area contributed by atoms with E-state index in [4.69, 9.17) is 12.2 Å². The number of aromatic amines is 1. The van der Waals surface area contributed by atoms with E-state index in [9.17, 15) is 4.79 Å². The lowest BCUT2D eigenvalue weighted by atomic mass is 9.86. The van der Waals surface area contributed by atoms with Gasteiger partial charge in [-0.1, -0.05) is 30.3 Å². The summed E-state index contributed by atoms with van der Waals surface area (Å²) in [6.07, 6.45) is 5.43. The smallest absolute Gasteiger partial charge is 0.246 e. The monoisotopic (exact) mass is 424 g/mol. The second kappa shape index (κ2) is 7.54. The summed E-state index contributed by atoms with van der Waals surface area (Å²) < 4.78 is 2.38. The summed E-state index contributed by atoms with van der Waals surface area (Å²) in [6.45, 7) is 1.95. The second-order valence-electron chi connectivity index (χ2n) is 7.96. The molecule has 2 aliphatic rings. The molecule has 2 unspecified atom stereocenters. The molecule has 0 spiro atoms. The van der Waals surface area contributed by atoms with Gasteiger partial charge in [-0.25, -0.2) is 0 Å². The number of amides is 1. The zero-order valence-corrected chi connectivity index (χ0v) is 18.0. The summed E-state index contributed by atoms with van der Waals surface area (Å²) in [4.78, 5) is 17.0. The Kier molecular flexibility index (Phi) is 4.87. The van der Waals surface area contributed by atoms with E-state index in [0.29, 0.717) is 10.8 Å². The number of hydrogen-bond donors (Lipinski definition) is 1. The molecule has 5 nitrogen and oxygen atoms in total. The number of aromatic nitrogens is 3. The molecule has 2 heterocycles. The van der Waals surface area contributed by atoms with Crippen LogP contribution in [0.5, 0.6) is 0 Å². The average molecular weight is 425 g/mol. The van der Waals surface area contributed by atoms with Gasteiger partial charge in [-0.3, -0.25) is 14.5 Å². The molecule has 0 radical (unpaired) electrons. The Bertz CT molecular complexity index is 1080. The van der Waals surface area contributed by atoms with Crippen LogP contribution in [0.4, 0.5) is 0 Å². The highest BCUT2D eigenvalue weighted by molar-refractivity contribution is 7.71. The third-order valence-electron chi connectivity index (χ3n) is 6.06. The number of H-pyrrole nitrogens is 1. The quantitative estimate of drug-likeness (QED) is 0.566. The number of benzene rings is 1. The van der Waals surface area contributed by atoms with E-state index in [1.807, 2.05) is 29.0 Å². The van der Waals surface area contributed by atoms with Gasteiger partial charge < -0.3 is 4.90 Å². The van der Waals surface area contributed by atoms with E-state index in [1.54, 1.807) is 11.3 Å². The van der Waals surface area contributed by atoms with Gasteiger partial charge in [-0.05, 0) is 73.8 Å². The lowest BCUT2D eigenvalue weighted by Crippen LogP contribution is -2.42. The number of nitrogens with one attached hydrogen (secondary N) is 1. The third-order valence-corrected chi connectivity index (χ3v) is 7.21. The summed E-state index contributed by atoms with van der Waals surface area (Å²) in [5, 5.41) is 9.32. The Morgan fingerprint density at radius 2 is 2.10 bits per heavy atom. The molecular formula is C22H24N4OS2. The fraction of sp³-hybridized carbons (Fsp3) is 0.409. The van der Waals surface area contributed by atoms with Crippen LogP contribution in [0, 0.1) is 4.77 Å². The largest absolute Gasteiger partial charge is 0.331 e. The highest BCUT2D eigenvalue weighted by Crippen LogP contribution is 2.42. The topological polar surface area (TPSA) is 53.9 Å². The minimum absolute atomic E-state index is 0.143. The number of rotatable bonds is 5. The van der Waals surface area contributed by atoms with Gasteiger partial charge in [-0.15, -0.1) is 11.3 Å². The van der Waals surface area contributed by atoms with Crippen LogP contribution in [-0.2, 0) is 11.2 Å². The Labute approximate surface area is 179 Å². The van der Waals surface area contributed by atoms with Crippen molar-refractivity contribution in [3.8, 4) is 10.7 Å². The molecule has 1 aromatic carbocycles. The maximum Gasteiger partial charge on any atom is 0.246 e. The molecule has 2 atom stereocenters. The Morgan fingerprint density at radius 1 is 1.28 bits per heavy atom. The summed E-state index contributed by atoms with van der Waals surface area (Å²) in [6, 6.07) is 12.7. The van der Waals surface area contributed by atoms with Gasteiger partial charge in [0.15, 0.2) is 10.6 Å². The van der Waals surface area contributed by atoms with E-state index in [2.05, 4.69) is 39.4 Å². The fourth-order valence-electron chi connectivity index (χ4n) is 4.53. The first kappa shape index (κ1) is 18.8. The van der Waals surface area contributed by atoms with Crippen molar-refractivity contribution in [3.05, 3.63) is 57.7 Å². The molecule has 7 heteroatoms. The van der Waals surface area contributed by atoms with Crippen LogP contribution in [0.1, 0.15) is 55.8 Å². The van der Waals surface area contributed by atoms with E-state index < -0.39 is 6.04 Å². The molecule has 1 saturated carbocycles. The number of carbonyl (C=O) groups excluding carboxylic acids is 1. The van der Waals surface area contributed by atoms with E-state index in [0.717, 1.165) is 42.8 Å². The fourth-order valence-corrected chi connectivity index (χ4v) is 5.53. The number of nitrogens with zero attached hydrogens (tertiary/aromatic N) is 3. The molecule has 2 aliphatic carbocycles. The molecule has 3 aromatic rings. The van der Waals surface area contributed by atoms with Gasteiger partial charge in [0.2, 0.25) is 5.91 Å².